The highest BCUT2D eigenvalue weighted by Gasteiger charge is 2.12. The van der Waals surface area contributed by atoms with E-state index in [1.165, 1.54) is 0 Å². The Kier molecular flexibility index (Phi) is 5.06. The van der Waals surface area contributed by atoms with Crippen molar-refractivity contribution in [3.8, 4) is 5.75 Å². The van der Waals surface area contributed by atoms with Crippen LogP contribution in [0.15, 0.2) is 24.3 Å². The van der Waals surface area contributed by atoms with Gasteiger partial charge in [0.05, 0.1) is 0 Å². The molecule has 1 aliphatic heterocycles. The van der Waals surface area contributed by atoms with Gasteiger partial charge in [0.1, 0.15) is 5.75 Å². The topological polar surface area (TPSA) is 82.6 Å². The van der Waals surface area contributed by atoms with Crippen molar-refractivity contribution in [3.05, 3.63) is 24.3 Å². The fraction of sp³-hybridized carbons (Fsp3) is 0.500. The van der Waals surface area contributed by atoms with Crippen LogP contribution in [0.3, 0.4) is 0 Å². The van der Waals surface area contributed by atoms with Crippen LogP contribution < -0.4 is 20.7 Å². The molecule has 0 aromatic heterocycles. The van der Waals surface area contributed by atoms with Gasteiger partial charge in [0.15, 0.2) is 6.23 Å². The predicted molar refractivity (Wildman–Crippen MR) is 77.2 cm³/mol. The third-order valence-corrected chi connectivity index (χ3v) is 3.20. The highest BCUT2D eigenvalue weighted by molar-refractivity contribution is 5.64. The number of carbonyl (C=O) groups is 1. The number of carboxylic acid groups (broad SMARTS) is 1. The Morgan fingerprint density at radius 2 is 2.00 bits per heavy atom. The lowest BCUT2D eigenvalue weighted by Gasteiger charge is -2.24. The third kappa shape index (κ3) is 4.62. The maximum absolute atomic E-state index is 10.5. The molecular weight excluding hydrogens is 258 g/mol. The third-order valence-electron chi connectivity index (χ3n) is 3.20. The van der Waals surface area contributed by atoms with Crippen molar-refractivity contribution >= 4 is 11.8 Å². The van der Waals surface area contributed by atoms with E-state index in [2.05, 4.69) is 16.0 Å². The number of rotatable bonds is 5. The van der Waals surface area contributed by atoms with E-state index >= 15 is 0 Å². The zero-order chi connectivity index (χ0) is 14.4. The highest BCUT2D eigenvalue weighted by Crippen LogP contribution is 2.19. The lowest BCUT2D eigenvalue weighted by Crippen LogP contribution is -2.35. The molecule has 2 rings (SSSR count). The van der Waals surface area contributed by atoms with Crippen molar-refractivity contribution in [2.75, 3.05) is 18.4 Å². The number of ether oxygens (including phenoxy) is 1. The number of nitrogens with one attached hydrogen (secondary N) is 3. The van der Waals surface area contributed by atoms with E-state index in [1.54, 1.807) is 6.92 Å². The van der Waals surface area contributed by atoms with Crippen LogP contribution in [0, 0.1) is 0 Å². The molecule has 1 saturated heterocycles. The maximum atomic E-state index is 10.5. The fourth-order valence-corrected chi connectivity index (χ4v) is 2.24. The molecule has 4 N–H and O–H groups in total. The molecule has 1 aromatic rings. The molecule has 6 heteroatoms. The smallest absolute Gasteiger partial charge is 0.407 e. The summed E-state index contributed by atoms with van der Waals surface area (Å²) in [6.07, 6.45) is 0.577. The van der Waals surface area contributed by atoms with Crippen LogP contribution in [0.2, 0.25) is 0 Å². The Labute approximate surface area is 118 Å². The molecule has 0 bridgehead atoms. The lowest BCUT2D eigenvalue weighted by atomic mass is 10.1. The van der Waals surface area contributed by atoms with Crippen molar-refractivity contribution in [2.45, 2.75) is 32.0 Å². The van der Waals surface area contributed by atoms with Crippen LogP contribution in [-0.2, 0) is 0 Å². The normalized spacial score (nSPS) is 17.2. The Hall–Kier alpha value is -1.95. The number of benzene rings is 1. The Morgan fingerprint density at radius 1 is 1.35 bits per heavy atom. The van der Waals surface area contributed by atoms with Crippen LogP contribution >= 0.6 is 0 Å². The predicted octanol–water partition coefficient (Wildman–Crippen LogP) is 1.84. The minimum atomic E-state index is -1.10. The van der Waals surface area contributed by atoms with Crippen LogP contribution in [0.4, 0.5) is 10.5 Å². The first kappa shape index (κ1) is 14.5. The highest BCUT2D eigenvalue weighted by atomic mass is 16.5. The molecule has 0 saturated carbocycles. The molecule has 1 aliphatic rings. The van der Waals surface area contributed by atoms with Crippen molar-refractivity contribution < 1.29 is 14.6 Å². The maximum Gasteiger partial charge on any atom is 0.407 e. The van der Waals surface area contributed by atoms with E-state index in [0.717, 1.165) is 31.6 Å². The first-order valence-corrected chi connectivity index (χ1v) is 6.87. The largest absolute Gasteiger partial charge is 0.471 e. The molecule has 0 spiro atoms. The van der Waals surface area contributed by atoms with Crippen molar-refractivity contribution in [1.82, 2.24) is 10.6 Å². The second-order valence-electron chi connectivity index (χ2n) is 4.90. The quantitative estimate of drug-likeness (QED) is 0.618. The summed E-state index contributed by atoms with van der Waals surface area (Å²) in [7, 11) is 0. The molecule has 20 heavy (non-hydrogen) atoms. The van der Waals surface area contributed by atoms with Gasteiger partial charge in [-0.25, -0.2) is 4.79 Å². The summed E-state index contributed by atoms with van der Waals surface area (Å²) in [5.74, 6) is 0.641. The Balaban J connectivity index is 1.84. The molecule has 0 radical (unpaired) electrons. The van der Waals surface area contributed by atoms with Crippen LogP contribution in [-0.4, -0.2) is 36.6 Å². The van der Waals surface area contributed by atoms with E-state index in [4.69, 9.17) is 9.84 Å². The van der Waals surface area contributed by atoms with Gasteiger partial charge >= 0.3 is 6.09 Å². The van der Waals surface area contributed by atoms with Gasteiger partial charge in [-0.15, -0.1) is 0 Å². The second kappa shape index (κ2) is 7.00. The van der Waals surface area contributed by atoms with Gasteiger partial charge in [0.25, 0.3) is 0 Å². The van der Waals surface area contributed by atoms with Crippen LogP contribution in [0.5, 0.6) is 5.75 Å². The van der Waals surface area contributed by atoms with Gasteiger partial charge in [-0.1, -0.05) is 0 Å². The summed E-state index contributed by atoms with van der Waals surface area (Å²) in [6, 6.07) is 8.08. The van der Waals surface area contributed by atoms with Crippen molar-refractivity contribution in [2.24, 2.45) is 0 Å². The van der Waals surface area contributed by atoms with Gasteiger partial charge in [-0.3, -0.25) is 5.32 Å². The monoisotopic (exact) mass is 279 g/mol. The van der Waals surface area contributed by atoms with E-state index in [-0.39, 0.29) is 0 Å². The standard InChI is InChI=1S/C14H21N3O3/c1-10(16-14(18)19)20-13-4-2-11(3-5-13)17-12-6-8-15-9-7-12/h2-5,10,12,15-17H,6-9H2,1H3,(H,18,19). The van der Waals surface area contributed by atoms with E-state index in [1.807, 2.05) is 24.3 Å². The molecule has 1 fully saturated rings. The average Bonchev–Trinajstić information content (AvgIpc) is 2.41. The van der Waals surface area contributed by atoms with E-state index < -0.39 is 12.3 Å². The van der Waals surface area contributed by atoms with E-state index in [9.17, 15) is 4.79 Å². The molecule has 110 valence electrons. The fourth-order valence-electron chi connectivity index (χ4n) is 2.24. The van der Waals surface area contributed by atoms with Gasteiger partial charge in [0.2, 0.25) is 0 Å². The zero-order valence-electron chi connectivity index (χ0n) is 11.6. The molecule has 1 unspecified atom stereocenters. The van der Waals surface area contributed by atoms with E-state index in [0.29, 0.717) is 11.8 Å². The zero-order valence-corrected chi connectivity index (χ0v) is 11.6. The summed E-state index contributed by atoms with van der Waals surface area (Å²) in [5, 5.41) is 17.6. The minimum Gasteiger partial charge on any atom is -0.471 e. The number of piperidine rings is 1. The molecule has 1 amide bonds. The molecule has 0 aliphatic carbocycles. The number of hydrogen-bond acceptors (Lipinski definition) is 4. The Bertz CT molecular complexity index is 430. The number of hydrogen-bond donors (Lipinski definition) is 4. The first-order chi connectivity index (χ1) is 9.63. The summed E-state index contributed by atoms with van der Waals surface area (Å²) in [6.45, 7) is 3.75. The van der Waals surface area contributed by atoms with Crippen LogP contribution in [0.25, 0.3) is 0 Å². The number of amides is 1. The number of anilines is 1. The van der Waals surface area contributed by atoms with Crippen molar-refractivity contribution in [3.63, 3.8) is 0 Å². The van der Waals surface area contributed by atoms with Gasteiger partial charge in [-0.05, 0) is 57.1 Å². The molecule has 1 aromatic carbocycles. The Morgan fingerprint density at radius 3 is 2.60 bits per heavy atom. The summed E-state index contributed by atoms with van der Waals surface area (Å²) < 4.78 is 5.44. The summed E-state index contributed by atoms with van der Waals surface area (Å²) in [4.78, 5) is 10.5. The van der Waals surface area contributed by atoms with Gasteiger partial charge in [0, 0.05) is 11.7 Å². The van der Waals surface area contributed by atoms with Gasteiger partial charge in [-0.2, -0.15) is 0 Å². The minimum absolute atomic E-state index is 0.510. The van der Waals surface area contributed by atoms with Gasteiger partial charge < -0.3 is 20.5 Å². The SMILES string of the molecule is CC(NC(=O)O)Oc1ccc(NC2CCNCC2)cc1. The second-order valence-corrected chi connectivity index (χ2v) is 4.90. The first-order valence-electron chi connectivity index (χ1n) is 6.87. The lowest BCUT2D eigenvalue weighted by molar-refractivity contribution is 0.148. The molecule has 6 nitrogen and oxygen atoms in total. The van der Waals surface area contributed by atoms with Crippen LogP contribution in [0.1, 0.15) is 19.8 Å². The average molecular weight is 279 g/mol. The molecular formula is C14H21N3O3. The molecule has 1 atom stereocenters. The van der Waals surface area contributed by atoms with Crippen molar-refractivity contribution in [1.29, 1.82) is 0 Å². The summed E-state index contributed by atoms with van der Waals surface area (Å²) >= 11 is 0. The molecule has 1 heterocycles. The summed E-state index contributed by atoms with van der Waals surface area (Å²) in [5.41, 5.74) is 1.06.